The van der Waals surface area contributed by atoms with Gasteiger partial charge in [-0.15, -0.1) is 0 Å². The van der Waals surface area contributed by atoms with Crippen molar-refractivity contribution in [1.29, 1.82) is 0 Å². The normalized spacial score (nSPS) is 10.1. The highest BCUT2D eigenvalue weighted by molar-refractivity contribution is 5.93. The summed E-state index contributed by atoms with van der Waals surface area (Å²) in [4.78, 5) is 33.6. The number of carbonyl (C=O) groups excluding carboxylic acids is 2. The molecule has 27 heavy (non-hydrogen) atoms. The quantitative estimate of drug-likeness (QED) is 0.313. The third kappa shape index (κ3) is 7.15. The van der Waals surface area contributed by atoms with Crippen molar-refractivity contribution < 1.29 is 24.0 Å². The van der Waals surface area contributed by atoms with Crippen LogP contribution < -0.4 is 10.1 Å². The van der Waals surface area contributed by atoms with E-state index in [0.29, 0.717) is 13.0 Å². The molecule has 0 saturated carbocycles. The number of nitrogens with zero attached hydrogens (tertiary/aromatic N) is 1. The largest absolute Gasteiger partial charge is 0.494 e. The number of ether oxygens (including phenoxy) is 2. The van der Waals surface area contributed by atoms with Crippen molar-refractivity contribution in [3.05, 3.63) is 64.2 Å². The fourth-order valence-electron chi connectivity index (χ4n) is 2.22. The van der Waals surface area contributed by atoms with Crippen molar-refractivity contribution in [2.24, 2.45) is 0 Å². The lowest BCUT2D eigenvalue weighted by atomic mass is 10.2. The number of anilines is 1. The summed E-state index contributed by atoms with van der Waals surface area (Å²) < 4.78 is 10.4. The van der Waals surface area contributed by atoms with Gasteiger partial charge in [0.2, 0.25) is 0 Å². The van der Waals surface area contributed by atoms with E-state index >= 15 is 0 Å². The molecule has 8 heteroatoms. The molecule has 0 aliphatic heterocycles. The van der Waals surface area contributed by atoms with E-state index in [4.69, 9.17) is 9.47 Å². The van der Waals surface area contributed by atoms with E-state index in [2.05, 4.69) is 5.32 Å². The van der Waals surface area contributed by atoms with Crippen molar-refractivity contribution in [3.8, 4) is 5.75 Å². The molecule has 0 atom stereocenters. The number of rotatable bonds is 9. The Morgan fingerprint density at radius 3 is 2.67 bits per heavy atom. The van der Waals surface area contributed by atoms with E-state index in [0.717, 1.165) is 11.3 Å². The third-order valence-electron chi connectivity index (χ3n) is 3.49. The number of benzene rings is 2. The number of amides is 1. The molecule has 0 bridgehead atoms. The van der Waals surface area contributed by atoms with Gasteiger partial charge in [-0.25, -0.2) is 0 Å². The second-order valence-corrected chi connectivity index (χ2v) is 5.78. The highest BCUT2D eigenvalue weighted by atomic mass is 16.6. The number of aryl methyl sites for hydroxylation is 1. The predicted molar refractivity (Wildman–Crippen MR) is 98.6 cm³/mol. The van der Waals surface area contributed by atoms with E-state index in [1.165, 1.54) is 24.3 Å². The summed E-state index contributed by atoms with van der Waals surface area (Å²) in [6, 6.07) is 13.1. The Balaban J connectivity index is 1.65. The maximum atomic E-state index is 11.8. The molecule has 0 aliphatic rings. The number of hydrogen-bond donors (Lipinski definition) is 1. The van der Waals surface area contributed by atoms with Crippen LogP contribution in [0, 0.1) is 17.0 Å². The van der Waals surface area contributed by atoms with Crippen LogP contribution in [-0.4, -0.2) is 30.0 Å². The molecule has 2 rings (SSSR count). The number of non-ortho nitro benzene ring substituents is 1. The van der Waals surface area contributed by atoms with Gasteiger partial charge in [-0.1, -0.05) is 18.2 Å². The summed E-state index contributed by atoms with van der Waals surface area (Å²) in [5, 5.41) is 13.1. The minimum absolute atomic E-state index is 0.121. The van der Waals surface area contributed by atoms with Gasteiger partial charge in [0.15, 0.2) is 6.61 Å². The number of esters is 1. The van der Waals surface area contributed by atoms with Crippen molar-refractivity contribution in [3.63, 3.8) is 0 Å². The van der Waals surface area contributed by atoms with Gasteiger partial charge in [0.05, 0.1) is 11.5 Å². The summed E-state index contributed by atoms with van der Waals surface area (Å²) in [5.41, 5.74) is 1.21. The lowest BCUT2D eigenvalue weighted by Crippen LogP contribution is -2.21. The standard InChI is InChI=1S/C19H20N2O6/c1-14-5-2-8-17(11-14)26-10-4-9-19(23)27-13-18(22)20-15-6-3-7-16(12-15)21(24)25/h2-3,5-8,11-12H,4,9-10,13H2,1H3,(H,20,22). The van der Waals surface area contributed by atoms with Gasteiger partial charge in [-0.05, 0) is 37.1 Å². The smallest absolute Gasteiger partial charge is 0.306 e. The molecule has 0 aliphatic carbocycles. The highest BCUT2D eigenvalue weighted by Crippen LogP contribution is 2.17. The van der Waals surface area contributed by atoms with E-state index in [1.54, 1.807) is 0 Å². The maximum Gasteiger partial charge on any atom is 0.306 e. The molecule has 0 unspecified atom stereocenters. The Hall–Kier alpha value is -3.42. The van der Waals surface area contributed by atoms with Gasteiger partial charge in [0, 0.05) is 24.2 Å². The van der Waals surface area contributed by atoms with E-state index in [-0.39, 0.29) is 17.8 Å². The van der Waals surface area contributed by atoms with Gasteiger partial charge in [0.1, 0.15) is 5.75 Å². The number of nitrogens with one attached hydrogen (secondary N) is 1. The topological polar surface area (TPSA) is 108 Å². The lowest BCUT2D eigenvalue weighted by Gasteiger charge is -2.08. The van der Waals surface area contributed by atoms with Gasteiger partial charge in [-0.3, -0.25) is 19.7 Å². The van der Waals surface area contributed by atoms with Crippen molar-refractivity contribution in [2.45, 2.75) is 19.8 Å². The molecule has 2 aromatic rings. The first-order valence-electron chi connectivity index (χ1n) is 8.33. The molecular formula is C19H20N2O6. The van der Waals surface area contributed by atoms with Crippen LogP contribution in [0.25, 0.3) is 0 Å². The van der Waals surface area contributed by atoms with Crippen molar-refractivity contribution >= 4 is 23.3 Å². The highest BCUT2D eigenvalue weighted by Gasteiger charge is 2.10. The molecule has 8 nitrogen and oxygen atoms in total. The zero-order valence-electron chi connectivity index (χ0n) is 14.8. The summed E-state index contributed by atoms with van der Waals surface area (Å²) in [6.07, 6.45) is 0.579. The lowest BCUT2D eigenvalue weighted by molar-refractivity contribution is -0.384. The first kappa shape index (κ1) is 19.9. The van der Waals surface area contributed by atoms with Crippen molar-refractivity contribution in [1.82, 2.24) is 0 Å². The summed E-state index contributed by atoms with van der Waals surface area (Å²) in [6.45, 7) is 1.86. The Bertz CT molecular complexity index is 821. The second kappa shape index (κ2) is 9.91. The molecule has 2 aromatic carbocycles. The van der Waals surface area contributed by atoms with E-state index in [1.807, 2.05) is 31.2 Å². The zero-order valence-corrected chi connectivity index (χ0v) is 14.8. The van der Waals surface area contributed by atoms with Crippen LogP contribution in [-0.2, 0) is 14.3 Å². The van der Waals surface area contributed by atoms with Crippen LogP contribution in [0.3, 0.4) is 0 Å². The monoisotopic (exact) mass is 372 g/mol. The predicted octanol–water partition coefficient (Wildman–Crippen LogP) is 3.24. The number of hydrogen-bond acceptors (Lipinski definition) is 6. The molecule has 0 spiro atoms. The second-order valence-electron chi connectivity index (χ2n) is 5.78. The average molecular weight is 372 g/mol. The summed E-state index contributed by atoms with van der Waals surface area (Å²) in [7, 11) is 0. The number of carbonyl (C=O) groups is 2. The Morgan fingerprint density at radius 2 is 1.93 bits per heavy atom. The summed E-state index contributed by atoms with van der Waals surface area (Å²) >= 11 is 0. The minimum Gasteiger partial charge on any atom is -0.494 e. The van der Waals surface area contributed by atoms with Crippen LogP contribution in [0.1, 0.15) is 18.4 Å². The van der Waals surface area contributed by atoms with E-state index in [9.17, 15) is 19.7 Å². The van der Waals surface area contributed by atoms with Crippen molar-refractivity contribution in [2.75, 3.05) is 18.5 Å². The first-order chi connectivity index (χ1) is 12.9. The molecule has 1 N–H and O–H groups in total. The molecule has 0 aromatic heterocycles. The van der Waals surface area contributed by atoms with Crippen LogP contribution in [0.4, 0.5) is 11.4 Å². The molecule has 1 amide bonds. The fourth-order valence-corrected chi connectivity index (χ4v) is 2.22. The number of nitro benzene ring substituents is 1. The Labute approximate surface area is 156 Å². The zero-order chi connectivity index (χ0) is 19.6. The van der Waals surface area contributed by atoms with Crippen LogP contribution >= 0.6 is 0 Å². The molecular weight excluding hydrogens is 352 g/mol. The average Bonchev–Trinajstić information content (AvgIpc) is 2.64. The molecule has 0 radical (unpaired) electrons. The van der Waals surface area contributed by atoms with Crippen LogP contribution in [0.5, 0.6) is 5.75 Å². The van der Waals surface area contributed by atoms with Gasteiger partial charge < -0.3 is 14.8 Å². The van der Waals surface area contributed by atoms with Gasteiger partial charge >= 0.3 is 5.97 Å². The Kier molecular flexibility index (Phi) is 7.30. The van der Waals surface area contributed by atoms with E-state index < -0.39 is 23.4 Å². The van der Waals surface area contributed by atoms with Crippen LogP contribution in [0.15, 0.2) is 48.5 Å². The Morgan fingerprint density at radius 1 is 1.15 bits per heavy atom. The third-order valence-corrected chi connectivity index (χ3v) is 3.49. The molecule has 0 fully saturated rings. The van der Waals surface area contributed by atoms with Crippen LogP contribution in [0.2, 0.25) is 0 Å². The number of nitro groups is 1. The summed E-state index contributed by atoms with van der Waals surface area (Å²) in [5.74, 6) is -0.350. The maximum absolute atomic E-state index is 11.8. The minimum atomic E-state index is -0.570. The molecule has 0 saturated heterocycles. The SMILES string of the molecule is Cc1cccc(OCCCC(=O)OCC(=O)Nc2cccc([N+](=O)[O-])c2)c1. The first-order valence-corrected chi connectivity index (χ1v) is 8.33. The molecule has 0 heterocycles. The fraction of sp³-hybridized carbons (Fsp3) is 0.263. The molecule has 142 valence electrons. The van der Waals surface area contributed by atoms with Gasteiger partial charge in [-0.2, -0.15) is 0 Å². The van der Waals surface area contributed by atoms with Gasteiger partial charge in [0.25, 0.3) is 11.6 Å².